The molecule has 28 heavy (non-hydrogen) atoms. The normalized spacial score (nSPS) is 11.5. The molecule has 0 bridgehead atoms. The van der Waals surface area contributed by atoms with Gasteiger partial charge in [-0.1, -0.05) is 42.5 Å². The summed E-state index contributed by atoms with van der Waals surface area (Å²) in [6.07, 6.45) is -0.789. The highest BCUT2D eigenvalue weighted by molar-refractivity contribution is 5.97. The van der Waals surface area contributed by atoms with Gasteiger partial charge in [0.2, 0.25) is 0 Å². The van der Waals surface area contributed by atoms with Crippen LogP contribution >= 0.6 is 0 Å². The standard InChI is InChI=1S/C23H24N2O3/c1-25(2)18-14-12-17(13-15-18)21(26)16-24-23(27)20-10-6-7-11-22(20)28-19-8-4-3-5-9-19/h3-15,21,26H,16H2,1-2H3,(H,24,27)/t21-/m1/s1. The van der Waals surface area contributed by atoms with Gasteiger partial charge in [0, 0.05) is 26.3 Å². The lowest BCUT2D eigenvalue weighted by atomic mass is 10.1. The van der Waals surface area contributed by atoms with Crippen molar-refractivity contribution in [2.45, 2.75) is 6.10 Å². The average molecular weight is 376 g/mol. The van der Waals surface area contributed by atoms with Crippen LogP contribution < -0.4 is 15.0 Å². The smallest absolute Gasteiger partial charge is 0.255 e. The van der Waals surface area contributed by atoms with Crippen LogP contribution in [0.25, 0.3) is 0 Å². The van der Waals surface area contributed by atoms with Gasteiger partial charge < -0.3 is 20.1 Å². The number of hydrogen-bond donors (Lipinski definition) is 2. The summed E-state index contributed by atoms with van der Waals surface area (Å²) >= 11 is 0. The average Bonchev–Trinajstić information content (AvgIpc) is 2.73. The van der Waals surface area contributed by atoms with E-state index in [4.69, 9.17) is 4.74 Å². The lowest BCUT2D eigenvalue weighted by molar-refractivity contribution is 0.0914. The van der Waals surface area contributed by atoms with E-state index in [-0.39, 0.29) is 12.5 Å². The zero-order chi connectivity index (χ0) is 19.9. The molecule has 2 N–H and O–H groups in total. The zero-order valence-corrected chi connectivity index (χ0v) is 16.0. The van der Waals surface area contributed by atoms with E-state index in [0.717, 1.165) is 11.3 Å². The van der Waals surface area contributed by atoms with Crippen LogP contribution in [0.2, 0.25) is 0 Å². The topological polar surface area (TPSA) is 61.8 Å². The molecule has 3 rings (SSSR count). The first kappa shape index (κ1) is 19.5. The summed E-state index contributed by atoms with van der Waals surface area (Å²) in [7, 11) is 3.92. The molecular weight excluding hydrogens is 352 g/mol. The van der Waals surface area contributed by atoms with Crippen LogP contribution in [0, 0.1) is 0 Å². The lowest BCUT2D eigenvalue weighted by Crippen LogP contribution is -2.28. The molecular formula is C23H24N2O3. The molecule has 3 aromatic rings. The number of carbonyl (C=O) groups excluding carboxylic acids is 1. The number of nitrogens with one attached hydrogen (secondary N) is 1. The van der Waals surface area contributed by atoms with Gasteiger partial charge in [-0.3, -0.25) is 4.79 Å². The highest BCUT2D eigenvalue weighted by Crippen LogP contribution is 2.25. The van der Waals surface area contributed by atoms with Crippen molar-refractivity contribution in [1.82, 2.24) is 5.32 Å². The molecule has 0 saturated heterocycles. The van der Waals surface area contributed by atoms with E-state index < -0.39 is 6.10 Å². The van der Waals surface area contributed by atoms with Gasteiger partial charge in [-0.2, -0.15) is 0 Å². The molecule has 0 fully saturated rings. The number of ether oxygens (including phenoxy) is 1. The maximum atomic E-state index is 12.6. The molecule has 144 valence electrons. The second kappa shape index (κ2) is 9.06. The van der Waals surface area contributed by atoms with Crippen molar-refractivity contribution in [2.75, 3.05) is 25.5 Å². The number of aliphatic hydroxyl groups excluding tert-OH is 1. The summed E-state index contributed by atoms with van der Waals surface area (Å²) < 4.78 is 5.83. The van der Waals surface area contributed by atoms with Gasteiger partial charge in [0.15, 0.2) is 0 Å². The maximum Gasteiger partial charge on any atom is 0.255 e. The molecule has 1 atom stereocenters. The molecule has 0 aromatic heterocycles. The Bertz CT molecular complexity index is 909. The Morgan fingerprint density at radius 3 is 2.29 bits per heavy atom. The maximum absolute atomic E-state index is 12.6. The van der Waals surface area contributed by atoms with Crippen molar-refractivity contribution < 1.29 is 14.6 Å². The molecule has 1 amide bonds. The minimum absolute atomic E-state index is 0.111. The minimum atomic E-state index is -0.789. The number of anilines is 1. The number of aliphatic hydroxyl groups is 1. The number of benzene rings is 3. The van der Waals surface area contributed by atoms with E-state index in [1.807, 2.05) is 79.7 Å². The van der Waals surface area contributed by atoms with Crippen LogP contribution in [0.4, 0.5) is 5.69 Å². The van der Waals surface area contributed by atoms with Gasteiger partial charge in [-0.05, 0) is 42.0 Å². The minimum Gasteiger partial charge on any atom is -0.457 e. The molecule has 0 aliphatic carbocycles. The quantitative estimate of drug-likeness (QED) is 0.654. The summed E-state index contributed by atoms with van der Waals surface area (Å²) in [5.74, 6) is 0.829. The fourth-order valence-corrected chi connectivity index (χ4v) is 2.76. The van der Waals surface area contributed by atoms with Gasteiger partial charge >= 0.3 is 0 Å². The molecule has 0 unspecified atom stereocenters. The van der Waals surface area contributed by atoms with E-state index in [9.17, 15) is 9.90 Å². The number of nitrogens with zero attached hydrogens (tertiary/aromatic N) is 1. The van der Waals surface area contributed by atoms with Gasteiger partial charge in [-0.15, -0.1) is 0 Å². The Labute approximate surface area is 165 Å². The molecule has 5 heteroatoms. The molecule has 0 radical (unpaired) electrons. The van der Waals surface area contributed by atoms with Crippen LogP contribution in [-0.2, 0) is 0 Å². The third kappa shape index (κ3) is 4.90. The molecule has 0 heterocycles. The van der Waals surface area contributed by atoms with Gasteiger partial charge in [0.25, 0.3) is 5.91 Å². The molecule has 0 aliphatic heterocycles. The molecule has 3 aromatic carbocycles. The summed E-state index contributed by atoms with van der Waals surface area (Å²) in [4.78, 5) is 14.6. The SMILES string of the molecule is CN(C)c1ccc([C@H](O)CNC(=O)c2ccccc2Oc2ccccc2)cc1. The third-order valence-electron chi connectivity index (χ3n) is 4.35. The van der Waals surface area contributed by atoms with Crippen molar-refractivity contribution in [3.63, 3.8) is 0 Å². The monoisotopic (exact) mass is 376 g/mol. The fourth-order valence-electron chi connectivity index (χ4n) is 2.76. The second-order valence-corrected chi connectivity index (χ2v) is 6.62. The number of amides is 1. The Hall–Kier alpha value is -3.31. The largest absolute Gasteiger partial charge is 0.457 e. The predicted molar refractivity (Wildman–Crippen MR) is 111 cm³/mol. The first-order valence-corrected chi connectivity index (χ1v) is 9.10. The van der Waals surface area contributed by atoms with Gasteiger partial charge in [-0.25, -0.2) is 0 Å². The summed E-state index contributed by atoms with van der Waals surface area (Å²) in [5, 5.41) is 13.2. The van der Waals surface area contributed by atoms with Crippen molar-refractivity contribution in [3.05, 3.63) is 90.0 Å². The number of hydrogen-bond acceptors (Lipinski definition) is 4. The van der Waals surface area contributed by atoms with Crippen LogP contribution in [0.1, 0.15) is 22.0 Å². The van der Waals surface area contributed by atoms with Crippen molar-refractivity contribution >= 4 is 11.6 Å². The van der Waals surface area contributed by atoms with Crippen LogP contribution in [0.3, 0.4) is 0 Å². The lowest BCUT2D eigenvalue weighted by Gasteiger charge is -2.16. The summed E-state index contributed by atoms with van der Waals surface area (Å²) in [6, 6.07) is 23.9. The van der Waals surface area contributed by atoms with E-state index >= 15 is 0 Å². The van der Waals surface area contributed by atoms with Crippen LogP contribution in [0.15, 0.2) is 78.9 Å². The number of para-hydroxylation sites is 2. The van der Waals surface area contributed by atoms with E-state index in [2.05, 4.69) is 5.32 Å². The summed E-state index contributed by atoms with van der Waals surface area (Å²) in [6.45, 7) is 0.111. The Balaban J connectivity index is 1.65. The van der Waals surface area contributed by atoms with Crippen molar-refractivity contribution in [1.29, 1.82) is 0 Å². The zero-order valence-electron chi connectivity index (χ0n) is 16.0. The van der Waals surface area contributed by atoms with Crippen LogP contribution in [-0.4, -0.2) is 31.7 Å². The molecule has 5 nitrogen and oxygen atoms in total. The third-order valence-corrected chi connectivity index (χ3v) is 4.35. The number of carbonyl (C=O) groups is 1. The van der Waals surface area contributed by atoms with Gasteiger partial charge in [0.05, 0.1) is 11.7 Å². The summed E-state index contributed by atoms with van der Waals surface area (Å²) in [5.41, 5.74) is 2.22. The number of rotatable bonds is 7. The molecule has 0 spiro atoms. The van der Waals surface area contributed by atoms with E-state index in [1.54, 1.807) is 18.2 Å². The van der Waals surface area contributed by atoms with Crippen LogP contribution in [0.5, 0.6) is 11.5 Å². The molecule has 0 aliphatic rings. The first-order chi connectivity index (χ1) is 13.5. The van der Waals surface area contributed by atoms with E-state index in [1.165, 1.54) is 0 Å². The highest BCUT2D eigenvalue weighted by Gasteiger charge is 2.15. The fraction of sp³-hybridized carbons (Fsp3) is 0.174. The Morgan fingerprint density at radius 2 is 1.61 bits per heavy atom. The predicted octanol–water partition coefficient (Wildman–Crippen LogP) is 4.01. The van der Waals surface area contributed by atoms with Gasteiger partial charge in [0.1, 0.15) is 11.5 Å². The Morgan fingerprint density at radius 1 is 0.964 bits per heavy atom. The van der Waals surface area contributed by atoms with Crippen molar-refractivity contribution in [3.8, 4) is 11.5 Å². The second-order valence-electron chi connectivity index (χ2n) is 6.62. The van der Waals surface area contributed by atoms with E-state index in [0.29, 0.717) is 17.1 Å². The first-order valence-electron chi connectivity index (χ1n) is 9.10. The highest BCUT2D eigenvalue weighted by atomic mass is 16.5. The Kier molecular flexibility index (Phi) is 6.29. The molecule has 0 saturated carbocycles. The van der Waals surface area contributed by atoms with Crippen molar-refractivity contribution in [2.24, 2.45) is 0 Å².